The predicted molar refractivity (Wildman–Crippen MR) is 130 cm³/mol. The summed E-state index contributed by atoms with van der Waals surface area (Å²) >= 11 is 0. The zero-order chi connectivity index (χ0) is 23.7. The van der Waals surface area contributed by atoms with E-state index in [-0.39, 0.29) is 28.2 Å². The number of pyridine rings is 1. The van der Waals surface area contributed by atoms with Crippen molar-refractivity contribution in [2.24, 2.45) is 5.92 Å². The third-order valence-electron chi connectivity index (χ3n) is 6.71. The van der Waals surface area contributed by atoms with Crippen LogP contribution >= 0.6 is 0 Å². The number of carbonyl (C=O) groups excluding carboxylic acids is 1. The first-order valence-corrected chi connectivity index (χ1v) is 13.0. The maximum absolute atomic E-state index is 13.4. The lowest BCUT2D eigenvalue weighted by Gasteiger charge is -2.42. The Labute approximate surface area is 199 Å². The molecule has 3 aromatic rings. The zero-order valence-corrected chi connectivity index (χ0v) is 19.6. The molecule has 2 aliphatic rings. The molecular formula is C26H27N3O4S. The van der Waals surface area contributed by atoms with Crippen LogP contribution in [-0.2, 0) is 27.8 Å². The highest BCUT2D eigenvalue weighted by atomic mass is 32.2. The number of fused-ring (bicyclic) bond motifs is 4. The second-order valence-corrected chi connectivity index (χ2v) is 11.0. The molecule has 2 atom stereocenters. The highest BCUT2D eigenvalue weighted by Crippen LogP contribution is 2.37. The molecule has 176 valence electrons. The van der Waals surface area contributed by atoms with Gasteiger partial charge in [0.05, 0.1) is 4.90 Å². The summed E-state index contributed by atoms with van der Waals surface area (Å²) in [6, 6.07) is 21.4. The number of amides is 1. The number of hydrogen-bond acceptors (Lipinski definition) is 4. The molecule has 2 aromatic carbocycles. The van der Waals surface area contributed by atoms with Crippen molar-refractivity contribution in [3.8, 4) is 0 Å². The Balaban J connectivity index is 1.25. The molecule has 0 radical (unpaired) electrons. The molecule has 3 heterocycles. The van der Waals surface area contributed by atoms with Gasteiger partial charge in [-0.2, -0.15) is 4.31 Å². The molecule has 34 heavy (non-hydrogen) atoms. The van der Waals surface area contributed by atoms with Crippen molar-refractivity contribution < 1.29 is 13.2 Å². The van der Waals surface area contributed by atoms with E-state index in [1.807, 2.05) is 36.4 Å². The molecule has 0 unspecified atom stereocenters. The largest absolute Gasteiger partial charge is 0.326 e. The summed E-state index contributed by atoms with van der Waals surface area (Å²) in [5.74, 6) is 0.0147. The van der Waals surface area contributed by atoms with Gasteiger partial charge in [-0.1, -0.05) is 36.4 Å². The van der Waals surface area contributed by atoms with Crippen molar-refractivity contribution in [3.63, 3.8) is 0 Å². The molecule has 8 heteroatoms. The molecule has 2 aliphatic heterocycles. The van der Waals surface area contributed by atoms with Gasteiger partial charge < -0.3 is 9.88 Å². The monoisotopic (exact) mass is 477 g/mol. The van der Waals surface area contributed by atoms with Crippen LogP contribution < -0.4 is 10.9 Å². The fraction of sp³-hybridized carbons (Fsp3) is 0.308. The minimum Gasteiger partial charge on any atom is -0.326 e. The summed E-state index contributed by atoms with van der Waals surface area (Å²) in [6.07, 6.45) is 1.89. The summed E-state index contributed by atoms with van der Waals surface area (Å²) < 4.78 is 30.1. The quantitative estimate of drug-likeness (QED) is 0.590. The van der Waals surface area contributed by atoms with Crippen LogP contribution in [0, 0.1) is 5.92 Å². The first-order valence-electron chi connectivity index (χ1n) is 11.5. The third kappa shape index (κ3) is 4.56. The molecule has 1 amide bonds. The van der Waals surface area contributed by atoms with Crippen molar-refractivity contribution in [3.05, 3.63) is 94.4 Å². The molecule has 1 aromatic heterocycles. The van der Waals surface area contributed by atoms with E-state index < -0.39 is 10.0 Å². The van der Waals surface area contributed by atoms with Crippen LogP contribution in [0.1, 0.15) is 30.0 Å². The molecule has 0 saturated carbocycles. The van der Waals surface area contributed by atoms with Crippen molar-refractivity contribution in [2.75, 3.05) is 18.4 Å². The fourth-order valence-corrected chi connectivity index (χ4v) is 6.60. The minimum atomic E-state index is -3.67. The number of nitrogens with one attached hydrogen (secondary N) is 1. The standard InChI is InChI=1S/C26H27N3O4S/c30-25(14-9-19-5-2-1-3-6-19)27-22-10-12-23(13-11-22)34(32,33)28-16-20-15-21(18-28)24-7-4-8-26(31)29(24)17-20/h1-8,10-13,20-21H,9,14-18H2,(H,27,30)/t20-,21-/m0/s1. The van der Waals surface area contributed by atoms with E-state index in [1.54, 1.807) is 45.3 Å². The molecule has 1 saturated heterocycles. The number of aromatic nitrogens is 1. The number of sulfonamides is 1. The summed E-state index contributed by atoms with van der Waals surface area (Å²) in [7, 11) is -3.67. The highest BCUT2D eigenvalue weighted by molar-refractivity contribution is 7.89. The minimum absolute atomic E-state index is 0.0133. The summed E-state index contributed by atoms with van der Waals surface area (Å²) in [5.41, 5.74) is 2.56. The smallest absolute Gasteiger partial charge is 0.250 e. The second kappa shape index (κ2) is 9.19. The van der Waals surface area contributed by atoms with Gasteiger partial charge in [0.2, 0.25) is 15.9 Å². The first kappa shape index (κ1) is 22.6. The van der Waals surface area contributed by atoms with E-state index >= 15 is 0 Å². The Morgan fingerprint density at radius 1 is 0.912 bits per heavy atom. The number of benzene rings is 2. The molecule has 1 fully saturated rings. The van der Waals surface area contributed by atoms with Crippen LogP contribution in [0.25, 0.3) is 0 Å². The molecular weight excluding hydrogens is 450 g/mol. The maximum Gasteiger partial charge on any atom is 0.250 e. The van der Waals surface area contributed by atoms with Gasteiger partial charge in [-0.15, -0.1) is 0 Å². The van der Waals surface area contributed by atoms with Gasteiger partial charge in [0, 0.05) is 49.4 Å². The Morgan fingerprint density at radius 2 is 1.68 bits per heavy atom. The molecule has 7 nitrogen and oxygen atoms in total. The van der Waals surface area contributed by atoms with Gasteiger partial charge in [-0.3, -0.25) is 9.59 Å². The van der Waals surface area contributed by atoms with Gasteiger partial charge in [-0.05, 0) is 54.7 Å². The van der Waals surface area contributed by atoms with E-state index in [9.17, 15) is 18.0 Å². The first-order chi connectivity index (χ1) is 16.4. The van der Waals surface area contributed by atoms with E-state index in [0.29, 0.717) is 38.2 Å². The van der Waals surface area contributed by atoms with Gasteiger partial charge >= 0.3 is 0 Å². The number of hydrogen-bond donors (Lipinski definition) is 1. The van der Waals surface area contributed by atoms with Crippen LogP contribution in [0.5, 0.6) is 0 Å². The number of aryl methyl sites for hydroxylation is 1. The van der Waals surface area contributed by atoms with Crippen LogP contribution in [0.4, 0.5) is 5.69 Å². The number of piperidine rings is 1. The Morgan fingerprint density at radius 3 is 2.44 bits per heavy atom. The molecule has 5 rings (SSSR count). The number of nitrogens with zero attached hydrogens (tertiary/aromatic N) is 2. The second-order valence-electron chi connectivity index (χ2n) is 9.08. The fourth-order valence-electron chi connectivity index (χ4n) is 5.03. The van der Waals surface area contributed by atoms with Crippen LogP contribution in [0.3, 0.4) is 0 Å². The highest BCUT2D eigenvalue weighted by Gasteiger charge is 2.39. The third-order valence-corrected chi connectivity index (χ3v) is 8.55. The Bertz CT molecular complexity index is 1350. The molecule has 1 N–H and O–H groups in total. The van der Waals surface area contributed by atoms with E-state index in [2.05, 4.69) is 5.32 Å². The zero-order valence-electron chi connectivity index (χ0n) is 18.8. The SMILES string of the molecule is O=C(CCc1ccccc1)Nc1ccc(S(=O)(=O)N2C[C@@H]3C[C@@H](C2)c2cccc(=O)n2C3)cc1. The average molecular weight is 478 g/mol. The Kier molecular flexibility index (Phi) is 6.10. The van der Waals surface area contributed by atoms with Crippen molar-refractivity contribution in [1.29, 1.82) is 0 Å². The summed E-state index contributed by atoms with van der Waals surface area (Å²) in [4.78, 5) is 24.7. The van der Waals surface area contributed by atoms with Gasteiger partial charge in [0.15, 0.2) is 0 Å². The van der Waals surface area contributed by atoms with Gasteiger partial charge in [0.1, 0.15) is 0 Å². The number of carbonyl (C=O) groups is 1. The van der Waals surface area contributed by atoms with Gasteiger partial charge in [0.25, 0.3) is 5.56 Å². The average Bonchev–Trinajstić information content (AvgIpc) is 2.84. The Hall–Kier alpha value is -3.23. The van der Waals surface area contributed by atoms with Crippen molar-refractivity contribution >= 4 is 21.6 Å². The lowest BCUT2D eigenvalue weighted by atomic mass is 9.84. The predicted octanol–water partition coefficient (Wildman–Crippen LogP) is 3.23. The summed E-state index contributed by atoms with van der Waals surface area (Å²) in [6.45, 7) is 1.31. The van der Waals surface area contributed by atoms with E-state index in [1.165, 1.54) is 0 Å². The number of rotatable bonds is 6. The molecule has 0 aliphatic carbocycles. The van der Waals surface area contributed by atoms with Crippen molar-refractivity contribution in [1.82, 2.24) is 8.87 Å². The normalized spacial score (nSPS) is 19.9. The van der Waals surface area contributed by atoms with Gasteiger partial charge in [-0.25, -0.2) is 8.42 Å². The summed E-state index contributed by atoms with van der Waals surface area (Å²) in [5, 5.41) is 2.84. The topological polar surface area (TPSA) is 88.5 Å². The van der Waals surface area contributed by atoms with Crippen LogP contribution in [0.15, 0.2) is 82.5 Å². The lowest BCUT2D eigenvalue weighted by Crippen LogP contribution is -2.48. The molecule has 2 bridgehead atoms. The lowest BCUT2D eigenvalue weighted by molar-refractivity contribution is -0.116. The molecule has 0 spiro atoms. The van der Waals surface area contributed by atoms with Crippen molar-refractivity contribution in [2.45, 2.75) is 36.6 Å². The van der Waals surface area contributed by atoms with Crippen LogP contribution in [-0.4, -0.2) is 36.3 Å². The van der Waals surface area contributed by atoms with Crippen LogP contribution in [0.2, 0.25) is 0 Å². The van der Waals surface area contributed by atoms with E-state index in [4.69, 9.17) is 0 Å². The van der Waals surface area contributed by atoms with E-state index in [0.717, 1.165) is 17.7 Å². The maximum atomic E-state index is 13.4. The number of anilines is 1.